The lowest BCUT2D eigenvalue weighted by atomic mass is 9.76. The predicted molar refractivity (Wildman–Crippen MR) is 170 cm³/mol. The van der Waals surface area contributed by atoms with Gasteiger partial charge in [0, 0.05) is 21.0 Å². The summed E-state index contributed by atoms with van der Waals surface area (Å²) in [6.07, 6.45) is 1.41. The van der Waals surface area contributed by atoms with Crippen molar-refractivity contribution >= 4 is 56.1 Å². The fourth-order valence-electron chi connectivity index (χ4n) is 6.21. The molecular formula is C35H31BrN2O6. The molecule has 1 aliphatic heterocycles. The molecule has 2 heterocycles. The van der Waals surface area contributed by atoms with Crippen molar-refractivity contribution < 1.29 is 28.7 Å². The Morgan fingerprint density at radius 2 is 1.64 bits per heavy atom. The molecule has 1 aliphatic carbocycles. The monoisotopic (exact) mass is 654 g/mol. The van der Waals surface area contributed by atoms with E-state index in [1.807, 2.05) is 6.07 Å². The van der Waals surface area contributed by atoms with E-state index in [-0.39, 0.29) is 35.0 Å². The molecule has 2 amide bonds. The first-order valence-corrected chi connectivity index (χ1v) is 15.4. The topological polar surface area (TPSA) is 103 Å². The number of pyridine rings is 1. The van der Waals surface area contributed by atoms with E-state index in [0.29, 0.717) is 45.1 Å². The molecule has 0 N–H and O–H groups in total. The molecule has 0 spiro atoms. The zero-order valence-electron chi connectivity index (χ0n) is 24.6. The summed E-state index contributed by atoms with van der Waals surface area (Å²) in [6.45, 7) is 3.67. The Hall–Kier alpha value is -4.37. The van der Waals surface area contributed by atoms with Crippen molar-refractivity contribution in [3.63, 3.8) is 0 Å². The molecule has 2 aliphatic rings. The van der Waals surface area contributed by atoms with Crippen LogP contribution in [-0.4, -0.2) is 41.8 Å². The van der Waals surface area contributed by atoms with Crippen molar-refractivity contribution in [3.8, 4) is 17.0 Å². The average Bonchev–Trinajstić information content (AvgIpc) is 3.28. The lowest BCUT2D eigenvalue weighted by Gasteiger charge is -2.25. The van der Waals surface area contributed by atoms with Crippen LogP contribution in [0.1, 0.15) is 53.8 Å². The number of amides is 2. The molecule has 0 radical (unpaired) electrons. The van der Waals surface area contributed by atoms with Crippen LogP contribution in [0, 0.1) is 17.8 Å². The SMILES string of the molecule is COc1ccc(C(=O)C(C)OC(=O)c2cc(-c3ccc(N4C(=O)C5CCC(C)CC5C4=O)cc3)nc3ccc(Br)cc23)cc1. The van der Waals surface area contributed by atoms with Crippen LogP contribution in [0.5, 0.6) is 5.75 Å². The van der Waals surface area contributed by atoms with Gasteiger partial charge in [0.1, 0.15) is 5.75 Å². The van der Waals surface area contributed by atoms with Gasteiger partial charge < -0.3 is 9.47 Å². The zero-order valence-corrected chi connectivity index (χ0v) is 26.2. The molecule has 9 heteroatoms. The Bertz CT molecular complexity index is 1790. The quantitative estimate of drug-likeness (QED) is 0.120. The van der Waals surface area contributed by atoms with Gasteiger partial charge in [-0.25, -0.2) is 9.78 Å². The molecule has 1 saturated heterocycles. The second kappa shape index (κ2) is 12.0. The van der Waals surface area contributed by atoms with E-state index >= 15 is 0 Å². The number of ketones is 1. The molecule has 224 valence electrons. The summed E-state index contributed by atoms with van der Waals surface area (Å²) >= 11 is 3.47. The van der Waals surface area contributed by atoms with Gasteiger partial charge in [-0.3, -0.25) is 19.3 Å². The fourth-order valence-corrected chi connectivity index (χ4v) is 6.57. The molecule has 0 bridgehead atoms. The number of rotatable bonds is 7. The molecular weight excluding hydrogens is 624 g/mol. The molecule has 8 nitrogen and oxygen atoms in total. The molecule has 4 atom stereocenters. The van der Waals surface area contributed by atoms with E-state index in [9.17, 15) is 19.2 Å². The van der Waals surface area contributed by atoms with Crippen LogP contribution in [0.15, 0.2) is 77.3 Å². The smallest absolute Gasteiger partial charge is 0.339 e. The number of imide groups is 1. The Labute approximate surface area is 263 Å². The molecule has 44 heavy (non-hydrogen) atoms. The number of carbonyl (C=O) groups excluding carboxylic acids is 4. The summed E-state index contributed by atoms with van der Waals surface area (Å²) < 4.78 is 11.6. The number of anilines is 1. The highest BCUT2D eigenvalue weighted by Crippen LogP contribution is 2.42. The Morgan fingerprint density at radius 3 is 2.34 bits per heavy atom. The highest BCUT2D eigenvalue weighted by molar-refractivity contribution is 9.10. The number of methoxy groups -OCH3 is 1. The number of esters is 1. The average molecular weight is 656 g/mol. The van der Waals surface area contributed by atoms with Crippen LogP contribution in [-0.2, 0) is 14.3 Å². The number of benzene rings is 3. The van der Waals surface area contributed by atoms with Gasteiger partial charge in [-0.2, -0.15) is 0 Å². The van der Waals surface area contributed by atoms with Crippen molar-refractivity contribution in [2.24, 2.45) is 17.8 Å². The number of nitrogens with zero attached hydrogens (tertiary/aromatic N) is 2. The maximum atomic E-state index is 13.5. The van der Waals surface area contributed by atoms with Crippen LogP contribution in [0.4, 0.5) is 5.69 Å². The summed E-state index contributed by atoms with van der Waals surface area (Å²) in [7, 11) is 1.54. The Morgan fingerprint density at radius 1 is 0.932 bits per heavy atom. The molecule has 2 fully saturated rings. The number of halogens is 1. The summed E-state index contributed by atoms with van der Waals surface area (Å²) in [6, 6.07) is 20.7. The number of aromatic nitrogens is 1. The zero-order chi connectivity index (χ0) is 31.1. The number of ether oxygens (including phenoxy) is 2. The highest BCUT2D eigenvalue weighted by Gasteiger charge is 2.49. The first kappa shape index (κ1) is 29.7. The largest absolute Gasteiger partial charge is 0.497 e. The van der Waals surface area contributed by atoms with Crippen molar-refractivity contribution in [2.45, 2.75) is 39.2 Å². The van der Waals surface area contributed by atoms with Gasteiger partial charge in [0.2, 0.25) is 17.6 Å². The van der Waals surface area contributed by atoms with Gasteiger partial charge in [-0.05, 0) is 92.8 Å². The van der Waals surface area contributed by atoms with Gasteiger partial charge >= 0.3 is 5.97 Å². The number of hydrogen-bond acceptors (Lipinski definition) is 7. The molecule has 1 saturated carbocycles. The third-order valence-corrected chi connectivity index (χ3v) is 9.12. The molecule has 6 rings (SSSR count). The first-order chi connectivity index (χ1) is 21.1. The van der Waals surface area contributed by atoms with Gasteiger partial charge in [-0.1, -0.05) is 35.0 Å². The maximum absolute atomic E-state index is 13.5. The van der Waals surface area contributed by atoms with Gasteiger partial charge in [-0.15, -0.1) is 0 Å². The van der Waals surface area contributed by atoms with Crippen LogP contribution in [0.25, 0.3) is 22.2 Å². The van der Waals surface area contributed by atoms with Gasteiger partial charge in [0.05, 0.1) is 41.4 Å². The standard InChI is InChI=1S/C35H31BrN2O6/c1-19-4-14-26-28(16-19)34(41)38(33(26)40)24-10-5-21(6-11-24)31-18-29(27-17-23(36)9-15-30(27)37-31)35(42)44-20(2)32(39)22-7-12-25(43-3)13-8-22/h5-13,15,17-20,26,28H,4,14,16H2,1-3H3. The Kier molecular flexibility index (Phi) is 8.07. The van der Waals surface area contributed by atoms with Crippen molar-refractivity contribution in [1.82, 2.24) is 4.98 Å². The normalized spacial score (nSPS) is 20.4. The number of fused-ring (bicyclic) bond motifs is 2. The van der Waals surface area contributed by atoms with Crippen LogP contribution in [0.3, 0.4) is 0 Å². The van der Waals surface area contributed by atoms with E-state index in [1.54, 1.807) is 80.8 Å². The van der Waals surface area contributed by atoms with Crippen LogP contribution < -0.4 is 9.64 Å². The number of carbonyl (C=O) groups is 4. The lowest BCUT2D eigenvalue weighted by Crippen LogP contribution is -2.30. The molecule has 1 aromatic heterocycles. The summed E-state index contributed by atoms with van der Waals surface area (Å²) in [5.41, 5.74) is 2.96. The number of Topliss-reactive ketones (excluding diaryl/α,β-unsaturated/α-hetero) is 1. The summed E-state index contributed by atoms with van der Waals surface area (Å²) in [5.74, 6) is -0.697. The van der Waals surface area contributed by atoms with E-state index in [2.05, 4.69) is 22.9 Å². The second-order valence-electron chi connectivity index (χ2n) is 11.5. The minimum atomic E-state index is -1.03. The molecule has 4 aromatic rings. The summed E-state index contributed by atoms with van der Waals surface area (Å²) in [5, 5.41) is 0.568. The fraction of sp³-hybridized carbons (Fsp3) is 0.286. The lowest BCUT2D eigenvalue weighted by molar-refractivity contribution is -0.122. The van der Waals surface area contributed by atoms with Gasteiger partial charge in [0.15, 0.2) is 6.10 Å². The van der Waals surface area contributed by atoms with Crippen molar-refractivity contribution in [2.75, 3.05) is 12.0 Å². The van der Waals surface area contributed by atoms with Crippen LogP contribution >= 0.6 is 15.9 Å². The highest BCUT2D eigenvalue weighted by atomic mass is 79.9. The number of hydrogen-bond donors (Lipinski definition) is 0. The van der Waals surface area contributed by atoms with E-state index in [1.165, 1.54) is 4.90 Å². The minimum absolute atomic E-state index is 0.127. The van der Waals surface area contributed by atoms with E-state index in [4.69, 9.17) is 14.5 Å². The predicted octanol–water partition coefficient (Wildman–Crippen LogP) is 7.03. The molecule has 3 aromatic carbocycles. The van der Waals surface area contributed by atoms with Crippen LogP contribution in [0.2, 0.25) is 0 Å². The van der Waals surface area contributed by atoms with Gasteiger partial charge in [0.25, 0.3) is 0 Å². The van der Waals surface area contributed by atoms with E-state index in [0.717, 1.165) is 23.7 Å². The third kappa shape index (κ3) is 5.52. The second-order valence-corrected chi connectivity index (χ2v) is 12.5. The Balaban J connectivity index is 1.28. The minimum Gasteiger partial charge on any atom is -0.497 e. The molecule has 4 unspecified atom stereocenters. The van der Waals surface area contributed by atoms with E-state index < -0.39 is 12.1 Å². The van der Waals surface area contributed by atoms with Crippen molar-refractivity contribution in [1.29, 1.82) is 0 Å². The third-order valence-electron chi connectivity index (χ3n) is 8.63. The first-order valence-electron chi connectivity index (χ1n) is 14.6. The summed E-state index contributed by atoms with van der Waals surface area (Å²) in [4.78, 5) is 59.0. The van der Waals surface area contributed by atoms with Crippen molar-refractivity contribution in [3.05, 3.63) is 88.4 Å². The maximum Gasteiger partial charge on any atom is 0.339 e.